The first-order chi connectivity index (χ1) is 15.4. The number of fused-ring (bicyclic) bond motifs is 3. The molecule has 0 saturated heterocycles. The van der Waals surface area contributed by atoms with Crippen molar-refractivity contribution in [2.75, 3.05) is 13.2 Å². The van der Waals surface area contributed by atoms with E-state index < -0.39 is 18.3 Å². The van der Waals surface area contributed by atoms with Gasteiger partial charge in [-0.15, -0.1) is 0 Å². The molecule has 0 heterocycles. The molecule has 166 valence electrons. The van der Waals surface area contributed by atoms with Gasteiger partial charge in [0.25, 0.3) is 0 Å². The Balaban J connectivity index is 1.35. The molecule has 3 aromatic rings. The number of aliphatic hydroxyl groups excluding tert-OH is 2. The fourth-order valence-electron chi connectivity index (χ4n) is 4.33. The monoisotopic (exact) mass is 433 g/mol. The van der Waals surface area contributed by atoms with Crippen LogP contribution in [0.3, 0.4) is 0 Å². The standard InChI is InChI=1S/C26H27NO5/c1-15-11-17(12-16(2)24(15)29)25(30)23(28)13-27-26(31)32-14-22-20-9-5-3-7-18(20)19-8-4-6-10-21(19)22/h3-12,22-23,25,28-30H,13-14H2,1-2H3,(H,27,31). The van der Waals surface area contributed by atoms with Crippen LogP contribution in [-0.2, 0) is 4.74 Å². The Hall–Kier alpha value is -3.35. The average Bonchev–Trinajstić information content (AvgIpc) is 3.12. The maximum absolute atomic E-state index is 12.3. The van der Waals surface area contributed by atoms with Gasteiger partial charge in [-0.2, -0.15) is 0 Å². The Bertz CT molecular complexity index is 1070. The summed E-state index contributed by atoms with van der Waals surface area (Å²) in [5, 5.41) is 33.2. The predicted octanol–water partition coefficient (Wildman–Crippen LogP) is 3.94. The van der Waals surface area contributed by atoms with Gasteiger partial charge in [-0.05, 0) is 64.9 Å². The van der Waals surface area contributed by atoms with Crippen LogP contribution in [0.5, 0.6) is 5.75 Å². The number of nitrogens with one attached hydrogen (secondary N) is 1. The summed E-state index contributed by atoms with van der Waals surface area (Å²) in [6, 6.07) is 19.4. The third kappa shape index (κ3) is 4.20. The van der Waals surface area contributed by atoms with Crippen LogP contribution in [0.1, 0.15) is 39.8 Å². The van der Waals surface area contributed by atoms with Gasteiger partial charge in [0.15, 0.2) is 0 Å². The number of aryl methyl sites for hydroxylation is 2. The van der Waals surface area contributed by atoms with Gasteiger partial charge in [0, 0.05) is 12.5 Å². The molecule has 1 aliphatic rings. The van der Waals surface area contributed by atoms with Gasteiger partial charge in [-0.1, -0.05) is 48.5 Å². The first kappa shape index (κ1) is 21.9. The molecule has 0 spiro atoms. The molecule has 4 N–H and O–H groups in total. The number of carbonyl (C=O) groups excluding carboxylic acids is 1. The molecule has 0 bridgehead atoms. The summed E-state index contributed by atoms with van der Waals surface area (Å²) < 4.78 is 5.45. The van der Waals surface area contributed by atoms with Crippen molar-refractivity contribution in [3.05, 3.63) is 88.5 Å². The summed E-state index contributed by atoms with van der Waals surface area (Å²) in [6.45, 7) is 3.45. The number of benzene rings is 3. The largest absolute Gasteiger partial charge is 0.507 e. The van der Waals surface area contributed by atoms with E-state index in [-0.39, 0.29) is 24.8 Å². The molecule has 0 fully saturated rings. The molecule has 0 saturated carbocycles. The van der Waals surface area contributed by atoms with Crippen LogP contribution < -0.4 is 5.32 Å². The van der Waals surface area contributed by atoms with Crippen molar-refractivity contribution in [2.45, 2.75) is 32.0 Å². The van der Waals surface area contributed by atoms with Gasteiger partial charge in [-0.3, -0.25) is 0 Å². The molecule has 0 aromatic heterocycles. The number of aliphatic hydroxyl groups is 2. The van der Waals surface area contributed by atoms with Crippen LogP contribution >= 0.6 is 0 Å². The first-order valence-electron chi connectivity index (χ1n) is 10.6. The molecular weight excluding hydrogens is 406 g/mol. The lowest BCUT2D eigenvalue weighted by Crippen LogP contribution is -2.36. The van der Waals surface area contributed by atoms with E-state index in [1.807, 2.05) is 36.4 Å². The Morgan fingerprint density at radius 3 is 2.06 bits per heavy atom. The van der Waals surface area contributed by atoms with Crippen LogP contribution in [0, 0.1) is 13.8 Å². The van der Waals surface area contributed by atoms with E-state index in [1.54, 1.807) is 26.0 Å². The summed E-state index contributed by atoms with van der Waals surface area (Å²) >= 11 is 0. The third-order valence-corrected chi connectivity index (χ3v) is 6.02. The van der Waals surface area contributed by atoms with Crippen LogP contribution in [0.2, 0.25) is 0 Å². The van der Waals surface area contributed by atoms with Crippen molar-refractivity contribution in [3.8, 4) is 16.9 Å². The average molecular weight is 434 g/mol. The summed E-state index contributed by atoms with van der Waals surface area (Å²) in [4.78, 5) is 12.3. The molecule has 1 aliphatic carbocycles. The third-order valence-electron chi connectivity index (χ3n) is 6.02. The number of rotatable bonds is 6. The van der Waals surface area contributed by atoms with Gasteiger partial charge < -0.3 is 25.4 Å². The lowest BCUT2D eigenvalue weighted by molar-refractivity contribution is 0.0184. The number of ether oxygens (including phenoxy) is 1. The Labute approximate surface area is 187 Å². The van der Waals surface area contributed by atoms with Crippen LogP contribution in [-0.4, -0.2) is 40.7 Å². The molecule has 6 heteroatoms. The van der Waals surface area contributed by atoms with Gasteiger partial charge >= 0.3 is 6.09 Å². The second kappa shape index (κ2) is 9.02. The highest BCUT2D eigenvalue weighted by molar-refractivity contribution is 5.79. The van der Waals surface area contributed by atoms with Crippen molar-refractivity contribution in [1.82, 2.24) is 5.32 Å². The number of hydrogen-bond acceptors (Lipinski definition) is 5. The van der Waals surface area contributed by atoms with E-state index in [9.17, 15) is 20.1 Å². The summed E-state index contributed by atoms with van der Waals surface area (Å²) in [6.07, 6.45) is -3.09. The fraction of sp³-hybridized carbons (Fsp3) is 0.269. The number of hydrogen-bond donors (Lipinski definition) is 4. The number of phenols is 1. The number of carbonyl (C=O) groups is 1. The lowest BCUT2D eigenvalue weighted by Gasteiger charge is -2.20. The topological polar surface area (TPSA) is 99.0 Å². The van der Waals surface area contributed by atoms with E-state index in [1.165, 1.54) is 0 Å². The number of aromatic hydroxyl groups is 1. The van der Waals surface area contributed by atoms with Gasteiger partial charge in [0.1, 0.15) is 24.6 Å². The van der Waals surface area contributed by atoms with E-state index in [4.69, 9.17) is 4.74 Å². The molecule has 3 aromatic carbocycles. The van der Waals surface area contributed by atoms with E-state index in [2.05, 4.69) is 17.4 Å². The maximum atomic E-state index is 12.3. The SMILES string of the molecule is Cc1cc(C(O)C(O)CNC(=O)OCC2c3ccccc3-c3ccccc32)cc(C)c1O. The zero-order chi connectivity index (χ0) is 22.8. The van der Waals surface area contributed by atoms with Crippen molar-refractivity contribution in [3.63, 3.8) is 0 Å². The minimum Gasteiger partial charge on any atom is -0.507 e. The highest BCUT2D eigenvalue weighted by Gasteiger charge is 2.29. The van der Waals surface area contributed by atoms with E-state index >= 15 is 0 Å². The van der Waals surface area contributed by atoms with Crippen LogP contribution in [0.25, 0.3) is 11.1 Å². The zero-order valence-electron chi connectivity index (χ0n) is 18.1. The Kier molecular flexibility index (Phi) is 6.17. The quantitative estimate of drug-likeness (QED) is 0.472. The number of amides is 1. The van der Waals surface area contributed by atoms with E-state index in [0.717, 1.165) is 22.3 Å². The molecule has 1 amide bonds. The molecule has 32 heavy (non-hydrogen) atoms. The highest BCUT2D eigenvalue weighted by atomic mass is 16.5. The zero-order valence-corrected chi connectivity index (χ0v) is 18.1. The van der Waals surface area contributed by atoms with Gasteiger partial charge in [0.2, 0.25) is 0 Å². The minimum absolute atomic E-state index is 0.0494. The van der Waals surface area contributed by atoms with Crippen LogP contribution in [0.15, 0.2) is 60.7 Å². The minimum atomic E-state index is -1.22. The summed E-state index contributed by atoms with van der Waals surface area (Å²) in [5.41, 5.74) is 6.22. The Morgan fingerprint density at radius 2 is 1.50 bits per heavy atom. The summed E-state index contributed by atoms with van der Waals surface area (Å²) in [7, 11) is 0. The van der Waals surface area contributed by atoms with Gasteiger partial charge in [0.05, 0.1) is 0 Å². The molecule has 2 unspecified atom stereocenters. The van der Waals surface area contributed by atoms with Gasteiger partial charge in [-0.25, -0.2) is 4.79 Å². The summed E-state index contributed by atoms with van der Waals surface area (Å²) in [5.74, 6) is 0.110. The molecular formula is C26H27NO5. The van der Waals surface area contributed by atoms with Crippen molar-refractivity contribution in [1.29, 1.82) is 0 Å². The molecule has 0 aliphatic heterocycles. The second-order valence-electron chi connectivity index (χ2n) is 8.22. The predicted molar refractivity (Wildman–Crippen MR) is 122 cm³/mol. The number of phenolic OH excluding ortho intramolecular Hbond substituents is 1. The molecule has 4 rings (SSSR count). The first-order valence-corrected chi connectivity index (χ1v) is 10.6. The lowest BCUT2D eigenvalue weighted by atomic mass is 9.98. The van der Waals surface area contributed by atoms with Crippen molar-refractivity contribution < 1.29 is 24.9 Å². The highest BCUT2D eigenvalue weighted by Crippen LogP contribution is 2.44. The number of alkyl carbamates (subject to hydrolysis) is 1. The van der Waals surface area contributed by atoms with E-state index in [0.29, 0.717) is 16.7 Å². The fourth-order valence-corrected chi connectivity index (χ4v) is 4.33. The normalized spacial score (nSPS) is 14.4. The van der Waals surface area contributed by atoms with Crippen LogP contribution in [0.4, 0.5) is 4.79 Å². The smallest absolute Gasteiger partial charge is 0.407 e. The second-order valence-corrected chi connectivity index (χ2v) is 8.22. The molecule has 0 radical (unpaired) electrons. The molecule has 2 atom stereocenters. The van der Waals surface area contributed by atoms with Crippen molar-refractivity contribution in [2.24, 2.45) is 0 Å². The Morgan fingerprint density at radius 1 is 0.969 bits per heavy atom. The maximum Gasteiger partial charge on any atom is 0.407 e. The van der Waals surface area contributed by atoms with Crippen molar-refractivity contribution >= 4 is 6.09 Å². The molecule has 6 nitrogen and oxygen atoms in total.